The van der Waals surface area contributed by atoms with Gasteiger partial charge in [-0.25, -0.2) is 4.98 Å². The fourth-order valence-electron chi connectivity index (χ4n) is 2.85. The fraction of sp³-hybridized carbons (Fsp3) is 0.286. The molecule has 27 heavy (non-hydrogen) atoms. The number of rotatable bonds is 6. The van der Waals surface area contributed by atoms with E-state index in [9.17, 15) is 9.59 Å². The summed E-state index contributed by atoms with van der Waals surface area (Å²) in [6.07, 6.45) is 0.778. The zero-order valence-corrected chi connectivity index (χ0v) is 16.5. The molecule has 0 aliphatic heterocycles. The summed E-state index contributed by atoms with van der Waals surface area (Å²) in [6.45, 7) is 5.93. The van der Waals surface area contributed by atoms with Gasteiger partial charge in [0.1, 0.15) is 6.04 Å². The molecule has 0 radical (unpaired) electrons. The number of aromatic nitrogens is 1. The van der Waals surface area contributed by atoms with Crippen molar-refractivity contribution in [3.05, 3.63) is 59.1 Å². The second kappa shape index (κ2) is 8.31. The zero-order chi connectivity index (χ0) is 19.4. The largest absolute Gasteiger partial charge is 0.340 e. The highest BCUT2D eigenvalue weighted by molar-refractivity contribution is 7.18. The van der Waals surface area contributed by atoms with Gasteiger partial charge in [0.05, 0.1) is 15.2 Å². The SMILES string of the molecule is CCC(C)C(NC(=O)c1ccccc1)C(=O)Nc1ccc2nc(C)sc2c1. The molecule has 2 aromatic carbocycles. The van der Waals surface area contributed by atoms with E-state index < -0.39 is 6.04 Å². The molecule has 2 amide bonds. The first-order valence-corrected chi connectivity index (χ1v) is 9.83. The predicted molar refractivity (Wildman–Crippen MR) is 110 cm³/mol. The number of carbonyl (C=O) groups excluding carboxylic acids is 2. The van der Waals surface area contributed by atoms with Gasteiger partial charge in [0.15, 0.2) is 0 Å². The van der Waals surface area contributed by atoms with Crippen LogP contribution in [-0.4, -0.2) is 22.8 Å². The van der Waals surface area contributed by atoms with Crippen LogP contribution in [0.4, 0.5) is 5.69 Å². The average molecular weight is 382 g/mol. The van der Waals surface area contributed by atoms with Crippen LogP contribution in [0.25, 0.3) is 10.2 Å². The number of amides is 2. The summed E-state index contributed by atoms with van der Waals surface area (Å²) in [5.41, 5.74) is 2.17. The van der Waals surface area contributed by atoms with E-state index in [2.05, 4.69) is 15.6 Å². The molecule has 0 saturated heterocycles. The lowest BCUT2D eigenvalue weighted by Crippen LogP contribution is -2.47. The van der Waals surface area contributed by atoms with E-state index in [1.807, 2.05) is 45.0 Å². The van der Waals surface area contributed by atoms with Crippen molar-refractivity contribution in [1.29, 1.82) is 0 Å². The van der Waals surface area contributed by atoms with E-state index in [4.69, 9.17) is 0 Å². The van der Waals surface area contributed by atoms with Gasteiger partial charge in [0.25, 0.3) is 5.91 Å². The number of nitrogens with one attached hydrogen (secondary N) is 2. The molecule has 0 spiro atoms. The Balaban J connectivity index is 1.77. The number of benzene rings is 2. The Morgan fingerprint density at radius 1 is 1.15 bits per heavy atom. The molecule has 6 heteroatoms. The lowest BCUT2D eigenvalue weighted by atomic mass is 9.97. The van der Waals surface area contributed by atoms with Gasteiger partial charge in [-0.05, 0) is 43.2 Å². The quantitative estimate of drug-likeness (QED) is 0.665. The number of hydrogen-bond acceptors (Lipinski definition) is 4. The normalized spacial score (nSPS) is 13.1. The fourth-order valence-corrected chi connectivity index (χ4v) is 3.72. The molecule has 0 aliphatic rings. The van der Waals surface area contributed by atoms with Crippen LogP contribution in [0.5, 0.6) is 0 Å². The standard InChI is InChI=1S/C21H23N3O2S/c1-4-13(2)19(24-20(25)15-8-6-5-7-9-15)21(26)23-16-10-11-17-18(12-16)27-14(3)22-17/h5-13,19H,4H2,1-3H3,(H,23,26)(H,24,25). The minimum absolute atomic E-state index is 0.00652. The van der Waals surface area contributed by atoms with Gasteiger partial charge in [-0.15, -0.1) is 11.3 Å². The Labute approximate surface area is 162 Å². The molecular formula is C21H23N3O2S. The molecule has 3 aromatic rings. The predicted octanol–water partition coefficient (Wildman–Crippen LogP) is 4.39. The Hall–Kier alpha value is -2.73. The number of fused-ring (bicyclic) bond motifs is 1. The molecule has 5 nitrogen and oxygen atoms in total. The molecule has 0 aliphatic carbocycles. The maximum absolute atomic E-state index is 12.9. The Kier molecular flexibility index (Phi) is 5.86. The van der Waals surface area contributed by atoms with Crippen molar-refractivity contribution >= 4 is 39.1 Å². The van der Waals surface area contributed by atoms with Crippen molar-refractivity contribution in [2.45, 2.75) is 33.2 Å². The van der Waals surface area contributed by atoms with E-state index in [0.717, 1.165) is 21.6 Å². The first-order valence-electron chi connectivity index (χ1n) is 9.02. The number of thiazole rings is 1. The van der Waals surface area contributed by atoms with Gasteiger partial charge in [-0.2, -0.15) is 0 Å². The van der Waals surface area contributed by atoms with Crippen LogP contribution in [0, 0.1) is 12.8 Å². The summed E-state index contributed by atoms with van der Waals surface area (Å²) in [7, 11) is 0. The Bertz CT molecular complexity index is 952. The summed E-state index contributed by atoms with van der Waals surface area (Å²) in [5, 5.41) is 6.81. The minimum atomic E-state index is -0.610. The highest BCUT2D eigenvalue weighted by Gasteiger charge is 2.26. The van der Waals surface area contributed by atoms with E-state index in [-0.39, 0.29) is 17.7 Å². The number of nitrogens with zero attached hydrogens (tertiary/aromatic N) is 1. The van der Waals surface area contributed by atoms with Crippen LogP contribution >= 0.6 is 11.3 Å². The summed E-state index contributed by atoms with van der Waals surface area (Å²) in [5.74, 6) is -0.453. The number of hydrogen-bond donors (Lipinski definition) is 2. The van der Waals surface area contributed by atoms with Crippen LogP contribution in [0.15, 0.2) is 48.5 Å². The molecule has 140 valence electrons. The third-order valence-electron chi connectivity index (χ3n) is 4.58. The Morgan fingerprint density at radius 3 is 2.59 bits per heavy atom. The summed E-state index contributed by atoms with van der Waals surface area (Å²) in [6, 6.07) is 14.0. The zero-order valence-electron chi connectivity index (χ0n) is 15.7. The highest BCUT2D eigenvalue weighted by atomic mass is 32.1. The molecule has 0 fully saturated rings. The van der Waals surface area contributed by atoms with Gasteiger partial charge >= 0.3 is 0 Å². The number of aryl methyl sites for hydroxylation is 1. The molecule has 2 unspecified atom stereocenters. The van der Waals surface area contributed by atoms with Crippen molar-refractivity contribution in [1.82, 2.24) is 10.3 Å². The van der Waals surface area contributed by atoms with Crippen LogP contribution in [0.3, 0.4) is 0 Å². The number of carbonyl (C=O) groups is 2. The molecular weight excluding hydrogens is 358 g/mol. The van der Waals surface area contributed by atoms with E-state index in [1.165, 1.54) is 0 Å². The van der Waals surface area contributed by atoms with Gasteiger partial charge in [-0.3, -0.25) is 9.59 Å². The lowest BCUT2D eigenvalue weighted by molar-refractivity contribution is -0.119. The monoisotopic (exact) mass is 381 g/mol. The Morgan fingerprint density at radius 2 is 1.89 bits per heavy atom. The lowest BCUT2D eigenvalue weighted by Gasteiger charge is -2.23. The van der Waals surface area contributed by atoms with Crippen molar-refractivity contribution in [3.8, 4) is 0 Å². The molecule has 2 N–H and O–H groups in total. The van der Waals surface area contributed by atoms with Crippen molar-refractivity contribution in [3.63, 3.8) is 0 Å². The van der Waals surface area contributed by atoms with E-state index >= 15 is 0 Å². The second-order valence-corrected chi connectivity index (χ2v) is 7.84. The van der Waals surface area contributed by atoms with Crippen molar-refractivity contribution in [2.24, 2.45) is 5.92 Å². The van der Waals surface area contributed by atoms with Crippen molar-refractivity contribution in [2.75, 3.05) is 5.32 Å². The molecule has 2 atom stereocenters. The molecule has 1 aromatic heterocycles. The number of anilines is 1. The third kappa shape index (κ3) is 4.52. The molecule has 0 saturated carbocycles. The summed E-state index contributed by atoms with van der Waals surface area (Å²) < 4.78 is 1.03. The van der Waals surface area contributed by atoms with Crippen LogP contribution in [-0.2, 0) is 4.79 Å². The summed E-state index contributed by atoms with van der Waals surface area (Å²) >= 11 is 1.59. The highest BCUT2D eigenvalue weighted by Crippen LogP contribution is 2.25. The van der Waals surface area contributed by atoms with Crippen LogP contribution in [0.2, 0.25) is 0 Å². The smallest absolute Gasteiger partial charge is 0.251 e. The minimum Gasteiger partial charge on any atom is -0.340 e. The topological polar surface area (TPSA) is 71.1 Å². The van der Waals surface area contributed by atoms with Gasteiger partial charge in [0, 0.05) is 11.3 Å². The maximum Gasteiger partial charge on any atom is 0.251 e. The average Bonchev–Trinajstić information content (AvgIpc) is 3.05. The maximum atomic E-state index is 12.9. The molecule has 1 heterocycles. The first-order chi connectivity index (χ1) is 13.0. The van der Waals surface area contributed by atoms with E-state index in [0.29, 0.717) is 11.3 Å². The van der Waals surface area contributed by atoms with Crippen LogP contribution < -0.4 is 10.6 Å². The van der Waals surface area contributed by atoms with Gasteiger partial charge in [-0.1, -0.05) is 38.5 Å². The van der Waals surface area contributed by atoms with Crippen molar-refractivity contribution < 1.29 is 9.59 Å². The molecule has 3 rings (SSSR count). The summed E-state index contributed by atoms with van der Waals surface area (Å²) in [4.78, 5) is 29.8. The first kappa shape index (κ1) is 19.0. The van der Waals surface area contributed by atoms with Gasteiger partial charge < -0.3 is 10.6 Å². The van der Waals surface area contributed by atoms with Crippen LogP contribution in [0.1, 0.15) is 35.6 Å². The van der Waals surface area contributed by atoms with Gasteiger partial charge in [0.2, 0.25) is 5.91 Å². The second-order valence-electron chi connectivity index (χ2n) is 6.61. The molecule has 0 bridgehead atoms. The van der Waals surface area contributed by atoms with E-state index in [1.54, 1.807) is 35.6 Å². The third-order valence-corrected chi connectivity index (χ3v) is 5.51.